The number of likely N-dealkylation sites (N-methyl/N-ethyl adjacent to an activating group) is 1. The van der Waals surface area contributed by atoms with Gasteiger partial charge in [0.15, 0.2) is 0 Å². The summed E-state index contributed by atoms with van der Waals surface area (Å²) in [6.45, 7) is 14.3. The normalized spacial score (nSPS) is 25.3. The molecule has 1 saturated carbocycles. The van der Waals surface area contributed by atoms with Crippen molar-refractivity contribution in [1.82, 2.24) is 19.6 Å². The minimum absolute atomic E-state index is 0.0242. The molecule has 0 radical (unpaired) electrons. The standard InChI is InChI=1S/C33H49FN4O2/c1-7-29-26-11-12-33(31(26)38(8-2)35-29)13-15-37(16-14-33)20-24-17-25(36(6)30(21(3)4)32(39)40)19-27(24)23-10-9-22(5)28(34)18-23/h9-10,18,21,24-25,27,30H,7-8,11-17,19-20H2,1-6H3,(H,39,40)/t24-,25+,27-,30-/m1/s1. The maximum Gasteiger partial charge on any atom is 0.321 e. The number of hydrogen-bond acceptors (Lipinski definition) is 4. The molecule has 5 rings (SSSR count). The van der Waals surface area contributed by atoms with Crippen LogP contribution < -0.4 is 0 Å². The fourth-order valence-electron chi connectivity index (χ4n) is 8.42. The lowest BCUT2D eigenvalue weighted by Crippen LogP contribution is -2.47. The van der Waals surface area contributed by atoms with E-state index in [9.17, 15) is 14.3 Å². The lowest BCUT2D eigenvalue weighted by Gasteiger charge is -2.41. The van der Waals surface area contributed by atoms with Gasteiger partial charge in [-0.2, -0.15) is 5.10 Å². The molecule has 1 aromatic carbocycles. The average Bonchev–Trinajstić information content (AvgIpc) is 3.61. The van der Waals surface area contributed by atoms with Crippen LogP contribution in [0.3, 0.4) is 0 Å². The first-order valence-corrected chi connectivity index (χ1v) is 15.6. The van der Waals surface area contributed by atoms with Crippen molar-refractivity contribution in [1.29, 1.82) is 0 Å². The summed E-state index contributed by atoms with van der Waals surface area (Å²) in [6, 6.07) is 5.38. The number of likely N-dealkylation sites (tertiary alicyclic amines) is 1. The van der Waals surface area contributed by atoms with E-state index in [1.54, 1.807) is 6.07 Å². The molecule has 0 unspecified atom stereocenters. The van der Waals surface area contributed by atoms with Gasteiger partial charge in [-0.25, -0.2) is 4.39 Å². The van der Waals surface area contributed by atoms with Crippen molar-refractivity contribution in [2.45, 2.75) is 110 Å². The van der Waals surface area contributed by atoms with Gasteiger partial charge in [-0.15, -0.1) is 0 Å². The Morgan fingerprint density at radius 1 is 1.20 bits per heavy atom. The second-order valence-electron chi connectivity index (χ2n) is 13.2. The zero-order valence-corrected chi connectivity index (χ0v) is 25.4. The van der Waals surface area contributed by atoms with E-state index in [0.717, 1.165) is 57.4 Å². The van der Waals surface area contributed by atoms with Crippen molar-refractivity contribution < 1.29 is 14.3 Å². The first kappa shape index (κ1) is 29.2. The molecule has 0 amide bonds. The Morgan fingerprint density at radius 3 is 2.52 bits per heavy atom. The summed E-state index contributed by atoms with van der Waals surface area (Å²) in [5, 5.41) is 14.9. The van der Waals surface area contributed by atoms with E-state index in [1.165, 1.54) is 36.2 Å². The molecule has 7 heteroatoms. The fraction of sp³-hybridized carbons (Fsp3) is 0.697. The highest BCUT2D eigenvalue weighted by molar-refractivity contribution is 5.73. The summed E-state index contributed by atoms with van der Waals surface area (Å²) < 4.78 is 17.0. The zero-order chi connectivity index (χ0) is 28.8. The van der Waals surface area contributed by atoms with Gasteiger partial charge in [0.05, 0.1) is 5.69 Å². The molecule has 1 N–H and O–H groups in total. The number of aryl methyl sites for hydroxylation is 3. The van der Waals surface area contributed by atoms with Gasteiger partial charge in [-0.1, -0.05) is 32.9 Å². The number of rotatable bonds is 9. The van der Waals surface area contributed by atoms with Crippen LogP contribution in [0.5, 0.6) is 0 Å². The van der Waals surface area contributed by atoms with Gasteiger partial charge in [0, 0.05) is 30.2 Å². The quantitative estimate of drug-likeness (QED) is 0.426. The van der Waals surface area contributed by atoms with Crippen LogP contribution in [-0.4, -0.2) is 69.4 Å². The van der Waals surface area contributed by atoms with E-state index in [4.69, 9.17) is 5.10 Å². The minimum atomic E-state index is -0.756. The van der Waals surface area contributed by atoms with Crippen LogP contribution in [0.15, 0.2) is 18.2 Å². The molecule has 2 aliphatic carbocycles. The number of carbonyl (C=O) groups is 1. The number of aliphatic carboxylic acids is 1. The van der Waals surface area contributed by atoms with Crippen LogP contribution in [0.4, 0.5) is 4.39 Å². The molecule has 6 nitrogen and oxygen atoms in total. The summed E-state index contributed by atoms with van der Waals surface area (Å²) in [7, 11) is 1.97. The number of nitrogens with zero attached hydrogens (tertiary/aromatic N) is 4. The second-order valence-corrected chi connectivity index (χ2v) is 13.2. The van der Waals surface area contributed by atoms with E-state index in [2.05, 4.69) is 34.4 Å². The van der Waals surface area contributed by atoms with E-state index < -0.39 is 12.0 Å². The molecule has 3 aliphatic rings. The topological polar surface area (TPSA) is 61.6 Å². The van der Waals surface area contributed by atoms with Crippen molar-refractivity contribution in [3.63, 3.8) is 0 Å². The van der Waals surface area contributed by atoms with Crippen LogP contribution in [0.2, 0.25) is 0 Å². The molecule has 2 fully saturated rings. The van der Waals surface area contributed by atoms with E-state index in [1.807, 2.05) is 33.9 Å². The van der Waals surface area contributed by atoms with Gasteiger partial charge < -0.3 is 10.0 Å². The Labute approximate surface area is 239 Å². The monoisotopic (exact) mass is 552 g/mol. The predicted octanol–water partition coefficient (Wildman–Crippen LogP) is 5.80. The summed E-state index contributed by atoms with van der Waals surface area (Å²) in [6.07, 6.45) is 7.57. The third-order valence-corrected chi connectivity index (χ3v) is 10.6. The molecular formula is C33H49FN4O2. The van der Waals surface area contributed by atoms with E-state index in [0.29, 0.717) is 11.5 Å². The Bertz CT molecular complexity index is 1220. The molecule has 1 aromatic heterocycles. The van der Waals surface area contributed by atoms with Gasteiger partial charge in [0.2, 0.25) is 0 Å². The number of hydrogen-bond donors (Lipinski definition) is 1. The van der Waals surface area contributed by atoms with Crippen LogP contribution >= 0.6 is 0 Å². The van der Waals surface area contributed by atoms with Gasteiger partial charge in [-0.05, 0) is 119 Å². The van der Waals surface area contributed by atoms with Crippen molar-refractivity contribution in [3.8, 4) is 0 Å². The van der Waals surface area contributed by atoms with E-state index >= 15 is 0 Å². The van der Waals surface area contributed by atoms with Crippen molar-refractivity contribution in [2.75, 3.05) is 26.7 Å². The van der Waals surface area contributed by atoms with Crippen molar-refractivity contribution in [2.24, 2.45) is 11.8 Å². The van der Waals surface area contributed by atoms with E-state index in [-0.39, 0.29) is 29.1 Å². The molecule has 0 bridgehead atoms. The number of carboxylic acid groups (broad SMARTS) is 1. The third-order valence-electron chi connectivity index (χ3n) is 10.6. The average molecular weight is 553 g/mol. The number of halogens is 1. The number of fused-ring (bicyclic) bond motifs is 2. The minimum Gasteiger partial charge on any atom is -0.480 e. The Hall–Kier alpha value is -2.25. The van der Waals surface area contributed by atoms with Crippen molar-refractivity contribution in [3.05, 3.63) is 52.1 Å². The number of aromatic nitrogens is 2. The smallest absolute Gasteiger partial charge is 0.321 e. The molecule has 2 aromatic rings. The maximum absolute atomic E-state index is 14.7. The SMILES string of the molecule is CCc1nn(CC)c2c1CCC21CCN(C[C@H]2C[C@H](N(C)[C@@H](C(=O)O)C(C)C)C[C@@H]2c2ccc(C)c(F)c2)CC1. The fourth-order valence-corrected chi connectivity index (χ4v) is 8.42. The lowest BCUT2D eigenvalue weighted by atomic mass is 9.75. The molecule has 2 heterocycles. The van der Waals surface area contributed by atoms with Gasteiger partial charge >= 0.3 is 5.97 Å². The summed E-state index contributed by atoms with van der Waals surface area (Å²) in [5.41, 5.74) is 6.34. The molecule has 1 spiro atoms. The van der Waals surface area contributed by atoms with Gasteiger partial charge in [-0.3, -0.25) is 14.4 Å². The van der Waals surface area contributed by atoms with Crippen LogP contribution in [0.1, 0.15) is 93.8 Å². The van der Waals surface area contributed by atoms with Crippen LogP contribution in [0.25, 0.3) is 0 Å². The largest absolute Gasteiger partial charge is 0.480 e. The molecule has 1 saturated heterocycles. The Morgan fingerprint density at radius 2 is 1.93 bits per heavy atom. The third kappa shape index (κ3) is 5.24. The lowest BCUT2D eigenvalue weighted by molar-refractivity contribution is -0.145. The molecule has 1 aliphatic heterocycles. The predicted molar refractivity (Wildman–Crippen MR) is 157 cm³/mol. The summed E-state index contributed by atoms with van der Waals surface area (Å²) in [4.78, 5) is 16.9. The first-order valence-electron chi connectivity index (χ1n) is 15.6. The van der Waals surface area contributed by atoms with Gasteiger partial charge in [0.1, 0.15) is 11.9 Å². The number of benzene rings is 1. The van der Waals surface area contributed by atoms with Crippen molar-refractivity contribution >= 4 is 5.97 Å². The van der Waals surface area contributed by atoms with Crippen LogP contribution in [0, 0.1) is 24.6 Å². The highest BCUT2D eigenvalue weighted by Crippen LogP contribution is 2.49. The zero-order valence-electron chi connectivity index (χ0n) is 25.4. The summed E-state index contributed by atoms with van der Waals surface area (Å²) in [5.74, 6) is -0.275. The Kier molecular flexibility index (Phi) is 8.45. The maximum atomic E-state index is 14.7. The van der Waals surface area contributed by atoms with Gasteiger partial charge in [0.25, 0.3) is 0 Å². The van der Waals surface area contributed by atoms with Crippen LogP contribution in [-0.2, 0) is 29.6 Å². The molecule has 4 atom stereocenters. The molecule has 40 heavy (non-hydrogen) atoms. The second kappa shape index (κ2) is 11.6. The highest BCUT2D eigenvalue weighted by atomic mass is 19.1. The highest BCUT2D eigenvalue weighted by Gasteiger charge is 2.46. The summed E-state index contributed by atoms with van der Waals surface area (Å²) >= 11 is 0. The molecule has 220 valence electrons. The number of carboxylic acids is 1. The Balaban J connectivity index is 1.33. The first-order chi connectivity index (χ1) is 19.1. The number of piperidine rings is 1. The molecular weight excluding hydrogens is 503 g/mol.